The summed E-state index contributed by atoms with van der Waals surface area (Å²) in [6.45, 7) is 0. The minimum Gasteiger partial charge on any atom is -0.345 e. The van der Waals surface area contributed by atoms with Crippen LogP contribution in [-0.2, 0) is 0 Å². The fourth-order valence-corrected chi connectivity index (χ4v) is 14.9. The zero-order chi connectivity index (χ0) is 80.7. The van der Waals surface area contributed by atoms with Crippen molar-refractivity contribution in [3.8, 4) is 45.5 Å². The Morgan fingerprint density at radius 3 is 0.805 bits per heavy atom. The van der Waals surface area contributed by atoms with E-state index >= 15 is 0 Å². The molecule has 0 spiro atoms. The van der Waals surface area contributed by atoms with Gasteiger partial charge in [-0.1, -0.05) is 231 Å². The van der Waals surface area contributed by atoms with Crippen LogP contribution in [0.15, 0.2) is 437 Å². The lowest BCUT2D eigenvalue weighted by Crippen LogP contribution is -2.12. The first kappa shape index (κ1) is 75.9. The molecule has 18 aromatic carbocycles. The van der Waals surface area contributed by atoms with E-state index in [1.807, 2.05) is 111 Å². The highest BCUT2D eigenvalue weighted by Gasteiger charge is 2.21. The third kappa shape index (κ3) is 17.3. The van der Waals surface area contributed by atoms with Crippen molar-refractivity contribution in [1.29, 1.82) is 10.5 Å². The number of nitro groups is 1. The standard InChI is InChI=1S/2C36H27N3.C35H27N3O2/c1-38(34-15-7-9-27(23-34)26-37)32-19-21-33(22-20-32)39(36-18-17-29-12-5-6-13-30(29)25-36)35-16-8-14-31(24-35)28-10-3-2-4-11-28;1-38(32-17-14-27(26-37)15-18-32)33-20-22-34(23-21-33)39(36-19-16-29-10-5-6-11-30(29)25-36)35-13-7-12-31(24-35)28-8-3-2-4-9-28;1-36(32-14-8-16-35(25-32)38(39)40)30-19-21-31(22-20-30)37(34-18-17-27-11-5-6-12-28(27)24-34)33-15-7-13-29(23-33)26-9-3-2-4-10-26/h2*2-25H,1H3;2-25H,1H3. The number of nitro benzene ring substituents is 1. The Labute approximate surface area is 688 Å². The Morgan fingerprint density at radius 1 is 0.212 bits per heavy atom. The average molecular weight is 1520 g/mol. The lowest BCUT2D eigenvalue weighted by molar-refractivity contribution is -0.384. The van der Waals surface area contributed by atoms with Crippen LogP contribution in [0.5, 0.6) is 0 Å². The van der Waals surface area contributed by atoms with E-state index in [0.717, 1.165) is 96.4 Å². The van der Waals surface area contributed by atoms with E-state index in [-0.39, 0.29) is 10.6 Å². The number of non-ortho nitro benzene ring substituents is 1. The molecule has 0 atom stereocenters. The first-order chi connectivity index (χ1) is 57.9. The molecule has 0 aliphatic heterocycles. The first-order valence-corrected chi connectivity index (χ1v) is 39.1. The van der Waals surface area contributed by atoms with Crippen LogP contribution in [0.1, 0.15) is 11.1 Å². The molecule has 0 radical (unpaired) electrons. The molecule has 0 heterocycles. The van der Waals surface area contributed by atoms with Gasteiger partial charge in [0.25, 0.3) is 5.69 Å². The lowest BCUT2D eigenvalue weighted by atomic mass is 10.0. The summed E-state index contributed by atoms with van der Waals surface area (Å²) < 4.78 is 0. The molecule has 18 rings (SSSR count). The van der Waals surface area contributed by atoms with Gasteiger partial charge in [0, 0.05) is 119 Å². The van der Waals surface area contributed by atoms with Crippen molar-refractivity contribution in [2.45, 2.75) is 0 Å². The maximum atomic E-state index is 11.3. The summed E-state index contributed by atoms with van der Waals surface area (Å²) in [5, 5.41) is 36.9. The largest absolute Gasteiger partial charge is 0.345 e. The van der Waals surface area contributed by atoms with Gasteiger partial charge in [0.05, 0.1) is 28.2 Å². The molecular formula is C107H81N9O2. The van der Waals surface area contributed by atoms with Crippen LogP contribution in [0.25, 0.3) is 65.7 Å². The zero-order valence-corrected chi connectivity index (χ0v) is 65.4. The second kappa shape index (κ2) is 35.3. The van der Waals surface area contributed by atoms with Crippen LogP contribution in [-0.4, -0.2) is 26.1 Å². The molecule has 11 nitrogen and oxygen atoms in total. The second-order valence-electron chi connectivity index (χ2n) is 28.7. The van der Waals surface area contributed by atoms with Gasteiger partial charge in [-0.25, -0.2) is 0 Å². The van der Waals surface area contributed by atoms with Crippen molar-refractivity contribution in [2.75, 3.05) is 50.5 Å². The number of fused-ring (bicyclic) bond motifs is 3. The number of hydrogen-bond donors (Lipinski definition) is 0. The van der Waals surface area contributed by atoms with Crippen LogP contribution < -0.4 is 29.4 Å². The fourth-order valence-electron chi connectivity index (χ4n) is 14.9. The SMILES string of the molecule is CN(c1ccc(C#N)cc1)c1ccc(N(c2cccc(-c3ccccc3)c2)c2ccc3ccccc3c2)cc1.CN(c1ccc(N(c2cccc(-c3ccccc3)c2)c2ccc3ccccc3c2)cc1)c1cccc(C#N)c1.CN(c1ccc(N(c2cccc(-c3ccccc3)c2)c2ccc3ccccc3c2)cc1)c1cccc([N+](=O)[O-])c1. The average Bonchev–Trinajstić information content (AvgIpc) is 0.791. The van der Waals surface area contributed by atoms with E-state index in [9.17, 15) is 15.4 Å². The third-order valence-electron chi connectivity index (χ3n) is 21.3. The minimum absolute atomic E-state index is 0.0711. The smallest absolute Gasteiger partial charge is 0.271 e. The fraction of sp³-hybridized carbons (Fsp3) is 0.0280. The van der Waals surface area contributed by atoms with E-state index in [4.69, 9.17) is 5.26 Å². The van der Waals surface area contributed by atoms with Gasteiger partial charge in [-0.05, 0) is 260 Å². The molecular weight excluding hydrogens is 1440 g/mol. The number of anilines is 15. The number of rotatable bonds is 19. The van der Waals surface area contributed by atoms with Crippen molar-refractivity contribution in [3.63, 3.8) is 0 Å². The summed E-state index contributed by atoms with van der Waals surface area (Å²) in [4.78, 5) is 24.0. The summed E-state index contributed by atoms with van der Waals surface area (Å²) in [7, 11) is 5.98. The molecule has 0 amide bonds. The molecule has 0 aliphatic rings. The van der Waals surface area contributed by atoms with Crippen molar-refractivity contribution in [3.05, 3.63) is 458 Å². The summed E-state index contributed by atoms with van der Waals surface area (Å²) in [5.74, 6) is 0. The summed E-state index contributed by atoms with van der Waals surface area (Å²) in [6.07, 6.45) is 0. The predicted molar refractivity (Wildman–Crippen MR) is 492 cm³/mol. The van der Waals surface area contributed by atoms with Crippen molar-refractivity contribution in [1.82, 2.24) is 0 Å². The number of hydrogen-bond acceptors (Lipinski definition) is 10. The molecule has 118 heavy (non-hydrogen) atoms. The van der Waals surface area contributed by atoms with Gasteiger partial charge < -0.3 is 29.4 Å². The van der Waals surface area contributed by atoms with E-state index in [2.05, 4.69) is 370 Å². The Kier molecular flexibility index (Phi) is 22.7. The van der Waals surface area contributed by atoms with Crippen molar-refractivity contribution in [2.24, 2.45) is 0 Å². The van der Waals surface area contributed by atoms with E-state index < -0.39 is 0 Å². The molecule has 18 aromatic rings. The van der Waals surface area contributed by atoms with Crippen molar-refractivity contribution < 1.29 is 4.92 Å². The number of benzene rings is 18. The number of nitriles is 2. The minimum atomic E-state index is -0.370. The van der Waals surface area contributed by atoms with Gasteiger partial charge in [-0.2, -0.15) is 10.5 Å². The quantitative estimate of drug-likeness (QED) is 0.0573. The highest BCUT2D eigenvalue weighted by atomic mass is 16.6. The van der Waals surface area contributed by atoms with Gasteiger partial charge in [0.2, 0.25) is 0 Å². The topological polar surface area (TPSA) is 110 Å². The van der Waals surface area contributed by atoms with E-state index in [1.165, 1.54) is 60.6 Å². The van der Waals surface area contributed by atoms with Crippen LogP contribution in [0.3, 0.4) is 0 Å². The summed E-state index contributed by atoms with van der Waals surface area (Å²) in [6, 6.07) is 154. The predicted octanol–water partition coefficient (Wildman–Crippen LogP) is 28.9. The third-order valence-corrected chi connectivity index (χ3v) is 21.3. The maximum absolute atomic E-state index is 11.3. The molecule has 0 saturated carbocycles. The van der Waals surface area contributed by atoms with Crippen molar-refractivity contribution >= 4 is 123 Å². The van der Waals surface area contributed by atoms with Gasteiger partial charge in [0.15, 0.2) is 0 Å². The van der Waals surface area contributed by atoms with E-state index in [1.54, 1.807) is 12.1 Å². The Balaban J connectivity index is 0.000000132. The van der Waals surface area contributed by atoms with Gasteiger partial charge in [-0.15, -0.1) is 0 Å². The molecule has 0 bridgehead atoms. The summed E-state index contributed by atoms with van der Waals surface area (Å²) in [5.41, 5.74) is 23.9. The van der Waals surface area contributed by atoms with Crippen LogP contribution in [0, 0.1) is 32.8 Å². The Bertz CT molecular complexity index is 6630. The molecule has 0 aromatic heterocycles. The van der Waals surface area contributed by atoms with Crippen LogP contribution in [0.4, 0.5) is 91.0 Å². The molecule has 0 N–H and O–H groups in total. The van der Waals surface area contributed by atoms with Crippen LogP contribution in [0.2, 0.25) is 0 Å². The Morgan fingerprint density at radius 2 is 0.466 bits per heavy atom. The number of nitrogens with zero attached hydrogens (tertiary/aromatic N) is 9. The van der Waals surface area contributed by atoms with E-state index in [0.29, 0.717) is 11.1 Å². The van der Waals surface area contributed by atoms with Gasteiger partial charge >= 0.3 is 0 Å². The molecule has 0 fully saturated rings. The van der Waals surface area contributed by atoms with Gasteiger partial charge in [0.1, 0.15) is 0 Å². The highest BCUT2D eigenvalue weighted by Crippen LogP contribution is 2.44. The molecule has 566 valence electrons. The van der Waals surface area contributed by atoms with Crippen LogP contribution >= 0.6 is 0 Å². The zero-order valence-electron chi connectivity index (χ0n) is 65.4. The molecule has 11 heteroatoms. The first-order valence-electron chi connectivity index (χ1n) is 39.1. The summed E-state index contributed by atoms with van der Waals surface area (Å²) >= 11 is 0. The van der Waals surface area contributed by atoms with Gasteiger partial charge in [-0.3, -0.25) is 10.1 Å². The molecule has 0 aliphatic carbocycles. The Hall–Kier alpha value is -16.1. The normalized spacial score (nSPS) is 10.7. The monoisotopic (exact) mass is 1520 g/mol. The maximum Gasteiger partial charge on any atom is 0.271 e. The molecule has 0 unspecified atom stereocenters. The molecule has 0 saturated heterocycles. The lowest BCUT2D eigenvalue weighted by Gasteiger charge is -2.27. The second-order valence-corrected chi connectivity index (χ2v) is 28.7. The highest BCUT2D eigenvalue weighted by molar-refractivity contribution is 5.94.